The molecule has 0 fully saturated rings. The van der Waals surface area contributed by atoms with E-state index in [0.29, 0.717) is 0 Å². The Balaban J connectivity index is 0. The SMILES string of the molecule is O=S(=O)(O)OO.[Ti]. The van der Waals surface area contributed by atoms with Gasteiger partial charge in [0.2, 0.25) is 0 Å². The van der Waals surface area contributed by atoms with Crippen molar-refractivity contribution in [1.29, 1.82) is 0 Å². The monoisotopic (exact) mass is 162 g/mol. The normalized spacial score (nSPS) is 10.0. The minimum absolute atomic E-state index is 0. The zero-order chi connectivity index (χ0) is 5.21. The molecule has 0 radical (unpaired) electrons. The van der Waals surface area contributed by atoms with Crippen molar-refractivity contribution in [3.8, 4) is 0 Å². The molecular formula is H2O5STi. The first-order valence-corrected chi connectivity index (χ1v) is 2.23. The average Bonchev–Trinajstić information content (AvgIpc) is 1.35. The fourth-order valence-corrected chi connectivity index (χ4v) is 0. The van der Waals surface area contributed by atoms with Gasteiger partial charge in [0.05, 0.1) is 0 Å². The molecule has 0 spiro atoms. The van der Waals surface area contributed by atoms with Crippen LogP contribution in [0.25, 0.3) is 0 Å². The van der Waals surface area contributed by atoms with E-state index in [9.17, 15) is 0 Å². The Morgan fingerprint density at radius 3 is 1.57 bits per heavy atom. The first-order valence-electron chi connectivity index (χ1n) is 0.865. The topological polar surface area (TPSA) is 83.8 Å². The largest absolute Gasteiger partial charge is 0.423 e. The maximum absolute atomic E-state index is 9.08. The van der Waals surface area contributed by atoms with E-state index in [1.165, 1.54) is 0 Å². The third-order valence-electron chi connectivity index (χ3n) is 0.0942. The zero-order valence-corrected chi connectivity index (χ0v) is 5.41. The van der Waals surface area contributed by atoms with Gasteiger partial charge in [-0.1, -0.05) is 4.33 Å². The summed E-state index contributed by atoms with van der Waals surface area (Å²) in [4.78, 5) is 0. The van der Waals surface area contributed by atoms with Crippen molar-refractivity contribution < 1.29 is 44.3 Å². The fourth-order valence-electron chi connectivity index (χ4n) is 0. The molecule has 0 heterocycles. The van der Waals surface area contributed by atoms with Crippen molar-refractivity contribution in [3.05, 3.63) is 0 Å². The van der Waals surface area contributed by atoms with Crippen molar-refractivity contribution in [2.75, 3.05) is 0 Å². The molecule has 0 aromatic rings. The van der Waals surface area contributed by atoms with E-state index in [1.54, 1.807) is 0 Å². The van der Waals surface area contributed by atoms with Crippen LogP contribution in [0.3, 0.4) is 0 Å². The molecule has 5 nitrogen and oxygen atoms in total. The smallest absolute Gasteiger partial charge is 0.262 e. The Kier molecular flexibility index (Phi) is 5.31. The summed E-state index contributed by atoms with van der Waals surface area (Å²) in [6.45, 7) is 0. The van der Waals surface area contributed by atoms with Gasteiger partial charge in [0.25, 0.3) is 0 Å². The Morgan fingerprint density at radius 1 is 1.43 bits per heavy atom. The van der Waals surface area contributed by atoms with Crippen molar-refractivity contribution in [2.45, 2.75) is 0 Å². The minimum Gasteiger partial charge on any atom is -0.262 e. The Morgan fingerprint density at radius 2 is 1.57 bits per heavy atom. The predicted octanol–water partition coefficient (Wildman–Crippen LogP) is -0.724. The van der Waals surface area contributed by atoms with Crippen LogP contribution in [0.4, 0.5) is 0 Å². The second kappa shape index (κ2) is 3.53. The van der Waals surface area contributed by atoms with Crippen LogP contribution < -0.4 is 0 Å². The van der Waals surface area contributed by atoms with Crippen LogP contribution in [0, 0.1) is 0 Å². The van der Waals surface area contributed by atoms with Gasteiger partial charge in [-0.2, -0.15) is 8.42 Å². The van der Waals surface area contributed by atoms with Gasteiger partial charge in [-0.05, 0) is 0 Å². The summed E-state index contributed by atoms with van der Waals surface area (Å²) in [5.41, 5.74) is 0. The number of hydrogen-bond acceptors (Lipinski definition) is 4. The van der Waals surface area contributed by atoms with Crippen LogP contribution in [-0.2, 0) is 36.5 Å². The van der Waals surface area contributed by atoms with Crippen LogP contribution in [0.1, 0.15) is 0 Å². The first kappa shape index (κ1) is 10.5. The molecule has 0 amide bonds. The standard InChI is InChI=1S/H2O5S.Ti/c1-5-6(2,3)4;/h1H,(H,2,3,4);. The molecule has 0 atom stereocenters. The molecule has 7 heteroatoms. The van der Waals surface area contributed by atoms with Gasteiger partial charge in [0, 0.05) is 21.7 Å². The molecule has 0 bridgehead atoms. The molecule has 7 heavy (non-hydrogen) atoms. The van der Waals surface area contributed by atoms with Crippen molar-refractivity contribution in [2.24, 2.45) is 0 Å². The summed E-state index contributed by atoms with van der Waals surface area (Å²) in [6, 6.07) is 0. The maximum atomic E-state index is 9.08. The van der Waals surface area contributed by atoms with E-state index in [0.717, 1.165) is 0 Å². The maximum Gasteiger partial charge on any atom is 0.423 e. The summed E-state index contributed by atoms with van der Waals surface area (Å²) in [5, 5.41) is 7.06. The molecule has 0 rings (SSSR count). The molecule has 0 aliphatic rings. The Labute approximate surface area is 55.1 Å². The average molecular weight is 162 g/mol. The second-order valence-corrected chi connectivity index (χ2v) is 1.51. The second-order valence-electron chi connectivity index (χ2n) is 0.502. The molecule has 2 N–H and O–H groups in total. The molecule has 0 aliphatic carbocycles. The Hall–Kier alpha value is 0.544. The van der Waals surface area contributed by atoms with Crippen molar-refractivity contribution in [3.63, 3.8) is 0 Å². The summed E-state index contributed by atoms with van der Waals surface area (Å²) < 4.78 is 28.0. The van der Waals surface area contributed by atoms with E-state index in [2.05, 4.69) is 4.33 Å². The van der Waals surface area contributed by atoms with Gasteiger partial charge in [-0.3, -0.25) is 4.55 Å². The summed E-state index contributed by atoms with van der Waals surface area (Å²) in [7, 11) is -4.61. The van der Waals surface area contributed by atoms with Gasteiger partial charge >= 0.3 is 10.4 Å². The minimum atomic E-state index is -4.61. The number of rotatable bonds is 1. The summed E-state index contributed by atoms with van der Waals surface area (Å²) >= 11 is 0. The zero-order valence-electron chi connectivity index (χ0n) is 3.03. The molecule has 0 aromatic heterocycles. The van der Waals surface area contributed by atoms with E-state index >= 15 is 0 Å². The van der Waals surface area contributed by atoms with Gasteiger partial charge in [-0.25, -0.2) is 5.26 Å². The van der Waals surface area contributed by atoms with Crippen LogP contribution in [0.15, 0.2) is 0 Å². The van der Waals surface area contributed by atoms with Crippen LogP contribution in [-0.4, -0.2) is 18.2 Å². The van der Waals surface area contributed by atoms with Gasteiger partial charge < -0.3 is 0 Å². The molecule has 0 aliphatic heterocycles. The molecular weight excluding hydrogens is 160 g/mol. The molecule has 42 valence electrons. The Bertz CT molecular complexity index is 110. The summed E-state index contributed by atoms with van der Waals surface area (Å²) in [6.07, 6.45) is 0. The molecule has 0 unspecified atom stereocenters. The molecule has 0 aromatic carbocycles. The third-order valence-corrected chi connectivity index (χ3v) is 0.283. The molecule has 0 saturated carbocycles. The van der Waals surface area contributed by atoms with Crippen LogP contribution >= 0.6 is 0 Å². The number of hydrogen-bond donors (Lipinski definition) is 2. The van der Waals surface area contributed by atoms with E-state index in [-0.39, 0.29) is 21.7 Å². The van der Waals surface area contributed by atoms with Gasteiger partial charge in [0.15, 0.2) is 0 Å². The quantitative estimate of drug-likeness (QED) is 0.230. The molecule has 0 saturated heterocycles. The predicted molar refractivity (Wildman–Crippen MR) is 15.3 cm³/mol. The summed E-state index contributed by atoms with van der Waals surface area (Å²) in [5.74, 6) is 0. The van der Waals surface area contributed by atoms with E-state index in [4.69, 9.17) is 18.2 Å². The fraction of sp³-hybridized carbons (Fsp3) is 0. The van der Waals surface area contributed by atoms with E-state index < -0.39 is 10.4 Å². The van der Waals surface area contributed by atoms with Crippen LogP contribution in [0.5, 0.6) is 0 Å². The van der Waals surface area contributed by atoms with Crippen LogP contribution in [0.2, 0.25) is 0 Å². The van der Waals surface area contributed by atoms with Gasteiger partial charge in [0.1, 0.15) is 0 Å². The van der Waals surface area contributed by atoms with E-state index in [1.807, 2.05) is 0 Å². The van der Waals surface area contributed by atoms with Crippen molar-refractivity contribution >= 4 is 10.4 Å². The van der Waals surface area contributed by atoms with Gasteiger partial charge in [-0.15, -0.1) is 0 Å². The van der Waals surface area contributed by atoms with Crippen molar-refractivity contribution in [1.82, 2.24) is 0 Å². The first-order chi connectivity index (χ1) is 2.56. The third kappa shape index (κ3) is 10.8.